The second-order valence-corrected chi connectivity index (χ2v) is 8.80. The monoisotopic (exact) mass is 445 g/mol. The molecule has 1 aromatic heterocycles. The van der Waals surface area contributed by atoms with Gasteiger partial charge in [0.1, 0.15) is 5.82 Å². The SMILES string of the molecule is COc1ccc(C2CC(=O)C3=C(C2)Nc2[nH][nH]c(=O)c2C3c2ccc(C)c(C)c2)cc1OC. The van der Waals surface area contributed by atoms with Gasteiger partial charge >= 0.3 is 0 Å². The van der Waals surface area contributed by atoms with Gasteiger partial charge in [-0.15, -0.1) is 0 Å². The Morgan fingerprint density at radius 3 is 2.33 bits per heavy atom. The van der Waals surface area contributed by atoms with E-state index in [1.165, 1.54) is 5.56 Å². The van der Waals surface area contributed by atoms with Crippen LogP contribution in [0.3, 0.4) is 0 Å². The number of anilines is 1. The summed E-state index contributed by atoms with van der Waals surface area (Å²) in [5, 5.41) is 8.99. The van der Waals surface area contributed by atoms with Crippen molar-refractivity contribution >= 4 is 11.6 Å². The maximum Gasteiger partial charge on any atom is 0.270 e. The maximum absolute atomic E-state index is 13.6. The fraction of sp³-hybridized carbons (Fsp3) is 0.308. The van der Waals surface area contributed by atoms with Gasteiger partial charge in [0, 0.05) is 23.6 Å². The van der Waals surface area contributed by atoms with Crippen LogP contribution in [0.4, 0.5) is 5.82 Å². The minimum Gasteiger partial charge on any atom is -0.493 e. The molecule has 2 heterocycles. The van der Waals surface area contributed by atoms with E-state index in [9.17, 15) is 9.59 Å². The van der Waals surface area contributed by atoms with E-state index in [-0.39, 0.29) is 17.3 Å². The van der Waals surface area contributed by atoms with Gasteiger partial charge in [0.05, 0.1) is 19.8 Å². The Hall–Kier alpha value is -3.74. The number of aryl methyl sites for hydroxylation is 2. The largest absolute Gasteiger partial charge is 0.493 e. The molecule has 2 aromatic carbocycles. The molecule has 0 bridgehead atoms. The van der Waals surface area contributed by atoms with E-state index >= 15 is 0 Å². The van der Waals surface area contributed by atoms with Crippen molar-refractivity contribution in [2.45, 2.75) is 38.5 Å². The van der Waals surface area contributed by atoms with E-state index in [4.69, 9.17) is 9.47 Å². The molecular weight excluding hydrogens is 418 g/mol. The van der Waals surface area contributed by atoms with Gasteiger partial charge in [0.2, 0.25) is 0 Å². The molecular formula is C26H27N3O4. The fourth-order valence-corrected chi connectivity index (χ4v) is 5.04. The molecule has 33 heavy (non-hydrogen) atoms. The number of aromatic amines is 2. The van der Waals surface area contributed by atoms with Crippen molar-refractivity contribution in [3.63, 3.8) is 0 Å². The van der Waals surface area contributed by atoms with Crippen LogP contribution in [0.15, 0.2) is 52.5 Å². The van der Waals surface area contributed by atoms with E-state index in [0.29, 0.717) is 41.3 Å². The lowest BCUT2D eigenvalue weighted by molar-refractivity contribution is -0.116. The molecule has 0 fully saturated rings. The molecule has 7 heteroatoms. The Morgan fingerprint density at radius 2 is 1.61 bits per heavy atom. The van der Waals surface area contributed by atoms with E-state index < -0.39 is 5.92 Å². The third kappa shape index (κ3) is 3.44. The number of hydrogen-bond acceptors (Lipinski definition) is 5. The molecule has 0 saturated carbocycles. The van der Waals surface area contributed by atoms with Crippen LogP contribution in [0.5, 0.6) is 11.5 Å². The molecule has 3 aromatic rings. The van der Waals surface area contributed by atoms with Gasteiger partial charge in [0.25, 0.3) is 5.56 Å². The predicted octanol–water partition coefficient (Wildman–Crippen LogP) is 4.30. The highest BCUT2D eigenvalue weighted by Crippen LogP contribution is 2.47. The van der Waals surface area contributed by atoms with Crippen molar-refractivity contribution in [1.82, 2.24) is 10.2 Å². The van der Waals surface area contributed by atoms with Crippen LogP contribution in [-0.2, 0) is 4.79 Å². The second-order valence-electron chi connectivity index (χ2n) is 8.80. The highest BCUT2D eigenvalue weighted by Gasteiger charge is 2.40. The molecule has 2 aliphatic rings. The highest BCUT2D eigenvalue weighted by molar-refractivity contribution is 6.01. The molecule has 1 aliphatic heterocycles. The molecule has 170 valence electrons. The first kappa shape index (κ1) is 21.1. The van der Waals surface area contributed by atoms with Crippen molar-refractivity contribution < 1.29 is 14.3 Å². The average molecular weight is 446 g/mol. The zero-order chi connectivity index (χ0) is 23.3. The van der Waals surface area contributed by atoms with Crippen LogP contribution in [0, 0.1) is 13.8 Å². The number of allylic oxidation sites excluding steroid dienone is 2. The Labute approximate surface area is 191 Å². The number of Topliss-reactive ketones (excluding diaryl/α,β-unsaturated/α-hetero) is 1. The van der Waals surface area contributed by atoms with Crippen LogP contribution in [-0.4, -0.2) is 30.2 Å². The first-order valence-electron chi connectivity index (χ1n) is 11.0. The summed E-state index contributed by atoms with van der Waals surface area (Å²) in [6.45, 7) is 4.10. The Balaban J connectivity index is 1.60. The summed E-state index contributed by atoms with van der Waals surface area (Å²) in [7, 11) is 3.21. The van der Waals surface area contributed by atoms with Crippen molar-refractivity contribution in [2.75, 3.05) is 19.5 Å². The molecule has 0 spiro atoms. The van der Waals surface area contributed by atoms with Crippen LogP contribution in [0.25, 0.3) is 0 Å². The minimum absolute atomic E-state index is 0.00354. The summed E-state index contributed by atoms with van der Waals surface area (Å²) < 4.78 is 10.8. The number of methoxy groups -OCH3 is 2. The number of carbonyl (C=O) groups excluding carboxylic acids is 1. The van der Waals surface area contributed by atoms with Crippen molar-refractivity contribution in [3.8, 4) is 11.5 Å². The number of ketones is 1. The predicted molar refractivity (Wildman–Crippen MR) is 126 cm³/mol. The van der Waals surface area contributed by atoms with Crippen molar-refractivity contribution in [2.24, 2.45) is 0 Å². The number of hydrogen-bond donors (Lipinski definition) is 3. The van der Waals surface area contributed by atoms with Gasteiger partial charge in [-0.2, -0.15) is 0 Å². The molecule has 0 saturated heterocycles. The Morgan fingerprint density at radius 1 is 0.848 bits per heavy atom. The lowest BCUT2D eigenvalue weighted by Gasteiger charge is -2.34. The number of benzene rings is 2. The van der Waals surface area contributed by atoms with Crippen molar-refractivity contribution in [1.29, 1.82) is 0 Å². The highest BCUT2D eigenvalue weighted by atomic mass is 16.5. The molecule has 2 atom stereocenters. The number of H-pyrrole nitrogens is 2. The fourth-order valence-electron chi connectivity index (χ4n) is 5.04. The average Bonchev–Trinajstić information content (AvgIpc) is 3.19. The zero-order valence-electron chi connectivity index (χ0n) is 19.2. The summed E-state index contributed by atoms with van der Waals surface area (Å²) in [6.07, 6.45) is 1.03. The van der Waals surface area contributed by atoms with E-state index in [2.05, 4.69) is 28.5 Å². The summed E-state index contributed by atoms with van der Waals surface area (Å²) in [4.78, 5) is 26.3. The zero-order valence-corrected chi connectivity index (χ0v) is 19.2. The summed E-state index contributed by atoms with van der Waals surface area (Å²) in [5.41, 5.74) is 6.19. The first-order valence-corrected chi connectivity index (χ1v) is 11.0. The van der Waals surface area contributed by atoms with Gasteiger partial charge in [0.15, 0.2) is 17.3 Å². The molecule has 5 rings (SSSR count). The first-order chi connectivity index (χ1) is 15.9. The maximum atomic E-state index is 13.6. The van der Waals surface area contributed by atoms with E-state index in [1.54, 1.807) is 14.2 Å². The quantitative estimate of drug-likeness (QED) is 0.557. The number of ether oxygens (including phenoxy) is 2. The lowest BCUT2D eigenvalue weighted by Crippen LogP contribution is -2.31. The van der Waals surface area contributed by atoms with E-state index in [1.807, 2.05) is 37.3 Å². The number of fused-ring (bicyclic) bond motifs is 1. The van der Waals surface area contributed by atoms with Gasteiger partial charge in [-0.05, 0) is 60.6 Å². The number of nitrogens with one attached hydrogen (secondary N) is 3. The minimum atomic E-state index is -0.399. The van der Waals surface area contributed by atoms with Gasteiger partial charge in [-0.3, -0.25) is 19.8 Å². The smallest absolute Gasteiger partial charge is 0.270 e. The van der Waals surface area contributed by atoms with Crippen molar-refractivity contribution in [3.05, 3.63) is 85.8 Å². The molecule has 7 nitrogen and oxygen atoms in total. The third-order valence-corrected chi connectivity index (χ3v) is 6.92. The standard InChI is InChI=1S/C26H27N3O4/c1-13-5-6-16(9-14(13)2)22-23-18(27-25-24(22)26(31)29-28-25)10-17(11-19(23)30)15-7-8-20(32-3)21(12-15)33-4/h5-9,12,17,22H,10-11H2,1-4H3,(H3,27,28,29,31). The molecule has 1 aliphatic carbocycles. The van der Waals surface area contributed by atoms with Crippen LogP contribution in [0.2, 0.25) is 0 Å². The number of carbonyl (C=O) groups is 1. The van der Waals surface area contributed by atoms with E-state index in [0.717, 1.165) is 22.4 Å². The lowest BCUT2D eigenvalue weighted by atomic mass is 9.72. The van der Waals surface area contributed by atoms with Gasteiger partial charge in [-0.1, -0.05) is 24.3 Å². The normalized spacial score (nSPS) is 19.6. The second kappa shape index (κ2) is 7.99. The van der Waals surface area contributed by atoms with Crippen LogP contribution < -0.4 is 20.3 Å². The number of aromatic nitrogens is 2. The summed E-state index contributed by atoms with van der Waals surface area (Å²) in [6, 6.07) is 11.9. The molecule has 0 amide bonds. The summed E-state index contributed by atoms with van der Waals surface area (Å²) >= 11 is 0. The molecule has 2 unspecified atom stereocenters. The van der Waals surface area contributed by atoms with Crippen LogP contribution in [0.1, 0.15) is 52.5 Å². The Kier molecular flexibility index (Phi) is 5.12. The summed E-state index contributed by atoms with van der Waals surface area (Å²) in [5.74, 6) is 1.58. The Bertz CT molecular complexity index is 1350. The third-order valence-electron chi connectivity index (χ3n) is 6.92. The van der Waals surface area contributed by atoms with Gasteiger partial charge in [-0.25, -0.2) is 0 Å². The van der Waals surface area contributed by atoms with Gasteiger partial charge < -0.3 is 14.8 Å². The topological polar surface area (TPSA) is 96.2 Å². The van der Waals surface area contributed by atoms with Crippen LogP contribution >= 0.6 is 0 Å². The molecule has 3 N–H and O–H groups in total. The molecule has 0 radical (unpaired) electrons. The number of rotatable bonds is 4.